The Morgan fingerprint density at radius 2 is 1.71 bits per heavy atom. The molecule has 31 heavy (non-hydrogen) atoms. The van der Waals surface area contributed by atoms with Gasteiger partial charge < -0.3 is 14.5 Å². The van der Waals surface area contributed by atoms with Crippen molar-refractivity contribution in [3.8, 4) is 5.75 Å². The highest BCUT2D eigenvalue weighted by Gasteiger charge is 2.34. The molecule has 1 aliphatic rings. The Labute approximate surface area is 189 Å². The van der Waals surface area contributed by atoms with E-state index in [-0.39, 0.29) is 5.91 Å². The monoisotopic (exact) mass is 465 g/mol. The molecular weight excluding hydrogens is 438 g/mol. The van der Waals surface area contributed by atoms with Crippen molar-refractivity contribution < 1.29 is 17.9 Å². The van der Waals surface area contributed by atoms with Crippen molar-refractivity contribution in [1.29, 1.82) is 0 Å². The molecule has 0 saturated carbocycles. The van der Waals surface area contributed by atoms with Crippen LogP contribution < -0.4 is 13.9 Å². The van der Waals surface area contributed by atoms with Crippen LogP contribution >= 0.6 is 11.6 Å². The molecule has 0 unspecified atom stereocenters. The summed E-state index contributed by atoms with van der Waals surface area (Å²) in [4.78, 5) is 17.2. The highest BCUT2D eigenvalue weighted by Crippen LogP contribution is 2.29. The number of benzene rings is 2. The van der Waals surface area contributed by atoms with Crippen molar-refractivity contribution in [1.82, 2.24) is 4.90 Å². The van der Waals surface area contributed by atoms with Gasteiger partial charge in [-0.3, -0.25) is 9.10 Å². The van der Waals surface area contributed by atoms with E-state index < -0.39 is 16.1 Å². The van der Waals surface area contributed by atoms with Gasteiger partial charge in [-0.25, -0.2) is 8.42 Å². The van der Waals surface area contributed by atoms with E-state index in [0.717, 1.165) is 23.3 Å². The van der Waals surface area contributed by atoms with Crippen molar-refractivity contribution in [2.45, 2.75) is 19.9 Å². The first-order valence-corrected chi connectivity index (χ1v) is 12.3. The van der Waals surface area contributed by atoms with E-state index in [0.29, 0.717) is 36.9 Å². The Balaban J connectivity index is 1.74. The molecule has 1 amide bonds. The first-order valence-electron chi connectivity index (χ1n) is 10.0. The number of carbonyl (C=O) groups excluding carboxylic acids is 1. The van der Waals surface area contributed by atoms with Crippen LogP contribution in [0.3, 0.4) is 0 Å². The summed E-state index contributed by atoms with van der Waals surface area (Å²) in [6.45, 7) is 5.79. The molecule has 0 aliphatic carbocycles. The highest BCUT2D eigenvalue weighted by molar-refractivity contribution is 7.92. The Hall–Kier alpha value is -2.45. The van der Waals surface area contributed by atoms with E-state index in [4.69, 9.17) is 16.3 Å². The lowest BCUT2D eigenvalue weighted by Crippen LogP contribution is -2.55. The van der Waals surface area contributed by atoms with Crippen LogP contribution in [-0.4, -0.2) is 64.8 Å². The fourth-order valence-corrected chi connectivity index (χ4v) is 5.22. The first-order chi connectivity index (χ1) is 14.6. The molecule has 0 bridgehead atoms. The quantitative estimate of drug-likeness (QED) is 0.655. The molecule has 2 aromatic rings. The van der Waals surface area contributed by atoms with E-state index in [1.54, 1.807) is 44.1 Å². The van der Waals surface area contributed by atoms with Crippen LogP contribution in [0.15, 0.2) is 42.5 Å². The molecule has 1 heterocycles. The van der Waals surface area contributed by atoms with Gasteiger partial charge in [-0.2, -0.15) is 0 Å². The summed E-state index contributed by atoms with van der Waals surface area (Å²) in [6, 6.07) is 12.0. The zero-order valence-corrected chi connectivity index (χ0v) is 19.8. The van der Waals surface area contributed by atoms with Crippen LogP contribution in [0.4, 0.5) is 11.4 Å². The topological polar surface area (TPSA) is 70.2 Å². The van der Waals surface area contributed by atoms with Gasteiger partial charge in [-0.1, -0.05) is 17.7 Å². The Bertz CT molecular complexity index is 1040. The van der Waals surface area contributed by atoms with E-state index in [1.165, 1.54) is 4.31 Å². The molecule has 0 radical (unpaired) electrons. The minimum Gasteiger partial charge on any atom is -0.497 e. The van der Waals surface area contributed by atoms with Crippen LogP contribution in [0.2, 0.25) is 5.02 Å². The van der Waals surface area contributed by atoms with Crippen LogP contribution in [0.1, 0.15) is 12.5 Å². The van der Waals surface area contributed by atoms with Crippen molar-refractivity contribution in [2.75, 3.05) is 48.7 Å². The lowest BCUT2D eigenvalue weighted by atomic mass is 10.1. The van der Waals surface area contributed by atoms with Crippen molar-refractivity contribution in [3.63, 3.8) is 0 Å². The van der Waals surface area contributed by atoms with E-state index in [1.807, 2.05) is 24.3 Å². The molecule has 0 spiro atoms. The number of hydrogen-bond acceptors (Lipinski definition) is 5. The number of ether oxygens (including phenoxy) is 1. The third kappa shape index (κ3) is 5.25. The minimum absolute atomic E-state index is 0.223. The average molecular weight is 466 g/mol. The van der Waals surface area contributed by atoms with Gasteiger partial charge in [0.25, 0.3) is 0 Å². The fourth-order valence-electron chi connectivity index (χ4n) is 3.84. The predicted molar refractivity (Wildman–Crippen MR) is 125 cm³/mol. The summed E-state index contributed by atoms with van der Waals surface area (Å²) in [7, 11) is -2.07. The van der Waals surface area contributed by atoms with Gasteiger partial charge in [-0.05, 0) is 55.8 Å². The number of piperazine rings is 1. The standard InChI is InChI=1S/C22H28ClN3O4S/c1-16-5-6-18(23)15-21(16)26(31(4,28)29)17(2)22(27)25-13-11-24(12-14-25)19-7-9-20(30-3)10-8-19/h5-10,15,17H,11-14H2,1-4H3/t17-/m0/s1. The van der Waals surface area contributed by atoms with Crippen molar-refractivity contribution >= 4 is 38.9 Å². The summed E-state index contributed by atoms with van der Waals surface area (Å²) in [5.41, 5.74) is 2.22. The Kier molecular flexibility index (Phi) is 7.01. The van der Waals surface area contributed by atoms with E-state index in [2.05, 4.69) is 4.90 Å². The molecule has 0 aromatic heterocycles. The average Bonchev–Trinajstić information content (AvgIpc) is 2.75. The molecule has 9 heteroatoms. The largest absolute Gasteiger partial charge is 0.497 e. The normalized spacial score (nSPS) is 15.5. The molecule has 1 atom stereocenters. The maximum atomic E-state index is 13.2. The van der Waals surface area contributed by atoms with E-state index >= 15 is 0 Å². The molecule has 3 rings (SSSR count). The highest BCUT2D eigenvalue weighted by atomic mass is 35.5. The van der Waals surface area contributed by atoms with Crippen LogP contribution in [0, 0.1) is 6.92 Å². The maximum absolute atomic E-state index is 13.2. The zero-order chi connectivity index (χ0) is 22.8. The summed E-state index contributed by atoms with van der Waals surface area (Å²) in [5, 5.41) is 0.419. The minimum atomic E-state index is -3.70. The number of nitrogens with zero attached hydrogens (tertiary/aromatic N) is 3. The molecule has 0 N–H and O–H groups in total. The first kappa shape index (κ1) is 23.2. The smallest absolute Gasteiger partial charge is 0.246 e. The molecule has 1 aliphatic heterocycles. The van der Waals surface area contributed by atoms with Crippen LogP contribution in [0.5, 0.6) is 5.75 Å². The van der Waals surface area contributed by atoms with Gasteiger partial charge in [0.05, 0.1) is 19.1 Å². The number of aryl methyl sites for hydroxylation is 1. The molecule has 1 fully saturated rings. The van der Waals surface area contributed by atoms with E-state index in [9.17, 15) is 13.2 Å². The zero-order valence-electron chi connectivity index (χ0n) is 18.2. The predicted octanol–water partition coefficient (Wildman–Crippen LogP) is 3.16. The Morgan fingerprint density at radius 1 is 1.10 bits per heavy atom. The summed E-state index contributed by atoms with van der Waals surface area (Å²) in [5.74, 6) is 0.572. The van der Waals surface area contributed by atoms with Gasteiger partial charge in [-0.15, -0.1) is 0 Å². The summed E-state index contributed by atoms with van der Waals surface area (Å²) in [6.07, 6.45) is 1.11. The van der Waals surface area contributed by atoms with Gasteiger partial charge in [0, 0.05) is 36.9 Å². The lowest BCUT2D eigenvalue weighted by molar-refractivity contribution is -0.132. The Morgan fingerprint density at radius 3 is 2.26 bits per heavy atom. The second kappa shape index (κ2) is 9.36. The third-order valence-corrected chi connectivity index (χ3v) is 6.97. The fraction of sp³-hybridized carbons (Fsp3) is 0.409. The molecular formula is C22H28ClN3O4S. The van der Waals surface area contributed by atoms with Crippen molar-refractivity contribution in [3.05, 3.63) is 53.1 Å². The van der Waals surface area contributed by atoms with Crippen molar-refractivity contribution in [2.24, 2.45) is 0 Å². The molecule has 7 nitrogen and oxygen atoms in total. The molecule has 168 valence electrons. The van der Waals surface area contributed by atoms with Gasteiger partial charge >= 0.3 is 0 Å². The number of rotatable bonds is 6. The number of methoxy groups -OCH3 is 1. The van der Waals surface area contributed by atoms with Gasteiger partial charge in [0.15, 0.2) is 0 Å². The van der Waals surface area contributed by atoms with Gasteiger partial charge in [0.2, 0.25) is 15.9 Å². The number of anilines is 2. The van der Waals surface area contributed by atoms with Crippen LogP contribution in [-0.2, 0) is 14.8 Å². The molecule has 2 aromatic carbocycles. The number of amides is 1. The second-order valence-corrected chi connectivity index (χ2v) is 9.97. The maximum Gasteiger partial charge on any atom is 0.246 e. The number of carbonyl (C=O) groups is 1. The van der Waals surface area contributed by atoms with Gasteiger partial charge in [0.1, 0.15) is 11.8 Å². The summed E-state index contributed by atoms with van der Waals surface area (Å²) < 4.78 is 31.6. The van der Waals surface area contributed by atoms with Crippen LogP contribution in [0.25, 0.3) is 0 Å². The number of hydrogen-bond donors (Lipinski definition) is 0. The number of sulfonamides is 1. The molecule has 1 saturated heterocycles. The second-order valence-electron chi connectivity index (χ2n) is 7.68. The summed E-state index contributed by atoms with van der Waals surface area (Å²) >= 11 is 6.11. The SMILES string of the molecule is COc1ccc(N2CCN(C(=O)[C@H](C)N(c3cc(Cl)ccc3C)S(C)(=O)=O)CC2)cc1. The lowest BCUT2D eigenvalue weighted by Gasteiger charge is -2.39. The number of halogens is 1. The third-order valence-electron chi connectivity index (χ3n) is 5.50.